The van der Waals surface area contributed by atoms with Crippen LogP contribution in [0.15, 0.2) is 30.5 Å². The highest BCUT2D eigenvalue weighted by Gasteiger charge is 2.26. The molecule has 0 aliphatic carbocycles. The molecule has 1 aromatic carbocycles. The van der Waals surface area contributed by atoms with E-state index in [4.69, 9.17) is 14.5 Å². The predicted octanol–water partition coefficient (Wildman–Crippen LogP) is 4.39. The fourth-order valence-electron chi connectivity index (χ4n) is 5.25. The molecule has 2 aromatic heterocycles. The zero-order valence-electron chi connectivity index (χ0n) is 23.8. The van der Waals surface area contributed by atoms with Gasteiger partial charge in [0.1, 0.15) is 11.4 Å². The van der Waals surface area contributed by atoms with Gasteiger partial charge in [-0.05, 0) is 59.4 Å². The van der Waals surface area contributed by atoms with Crippen molar-refractivity contribution in [2.45, 2.75) is 85.0 Å². The molecule has 1 fully saturated rings. The quantitative estimate of drug-likeness (QED) is 0.227. The molecule has 0 atom stereocenters. The van der Waals surface area contributed by atoms with E-state index in [1.54, 1.807) is 17.9 Å². The molecule has 39 heavy (non-hydrogen) atoms. The second kappa shape index (κ2) is 12.2. The number of nitrogens with zero attached hydrogens (tertiary/aromatic N) is 5. The van der Waals surface area contributed by atoms with Crippen molar-refractivity contribution in [2.24, 2.45) is 0 Å². The molecule has 0 radical (unpaired) electrons. The minimum Gasteiger partial charge on any atom is -0.618 e. The summed E-state index contributed by atoms with van der Waals surface area (Å²) < 4.78 is 14.1. The highest BCUT2D eigenvalue weighted by molar-refractivity contribution is 6.00. The van der Waals surface area contributed by atoms with Gasteiger partial charge in [-0.25, -0.2) is 9.78 Å². The number of ether oxygens (including phenoxy) is 2. The zero-order valence-corrected chi connectivity index (χ0v) is 23.8. The lowest BCUT2D eigenvalue weighted by Crippen LogP contribution is -2.42. The lowest BCUT2D eigenvalue weighted by atomic mass is 10.1. The smallest absolute Gasteiger partial charge is 0.410 e. The third-order valence-electron chi connectivity index (χ3n) is 7.14. The Morgan fingerprint density at radius 2 is 1.92 bits per heavy atom. The predicted molar refractivity (Wildman–Crippen MR) is 149 cm³/mol. The fraction of sp³-hybridized carbons (Fsp3) is 0.586. The Labute approximate surface area is 230 Å². The maximum atomic E-state index is 12.9. The van der Waals surface area contributed by atoms with Crippen LogP contribution in [0.1, 0.15) is 66.1 Å². The van der Waals surface area contributed by atoms with Gasteiger partial charge in [-0.2, -0.15) is 4.73 Å². The van der Waals surface area contributed by atoms with Crippen molar-refractivity contribution in [3.8, 4) is 0 Å². The Morgan fingerprint density at radius 1 is 1.21 bits per heavy atom. The summed E-state index contributed by atoms with van der Waals surface area (Å²) >= 11 is 0. The van der Waals surface area contributed by atoms with Gasteiger partial charge in [0.2, 0.25) is 17.6 Å². The van der Waals surface area contributed by atoms with Crippen LogP contribution in [-0.4, -0.2) is 69.3 Å². The SMILES string of the molecule is CCN(Cc1nc2c[n+]([O-])c3ccccc3c2n1CCCCN(C(C)=O)C1CCOCC1)C(=O)OC(C)(C)C. The number of para-hydroxylation sites is 1. The van der Waals surface area contributed by atoms with Gasteiger partial charge in [0, 0.05) is 51.9 Å². The van der Waals surface area contributed by atoms with Crippen molar-refractivity contribution in [3.05, 3.63) is 41.5 Å². The van der Waals surface area contributed by atoms with E-state index in [0.717, 1.165) is 41.3 Å². The van der Waals surface area contributed by atoms with Gasteiger partial charge in [-0.3, -0.25) is 4.79 Å². The van der Waals surface area contributed by atoms with Crippen LogP contribution >= 0.6 is 0 Å². The van der Waals surface area contributed by atoms with Gasteiger partial charge >= 0.3 is 6.09 Å². The van der Waals surface area contributed by atoms with Crippen LogP contribution in [0.5, 0.6) is 0 Å². The Kier molecular flexibility index (Phi) is 8.94. The van der Waals surface area contributed by atoms with Crippen molar-refractivity contribution in [1.82, 2.24) is 19.4 Å². The highest BCUT2D eigenvalue weighted by atomic mass is 16.6. The third kappa shape index (κ3) is 6.79. The van der Waals surface area contributed by atoms with Crippen molar-refractivity contribution in [1.29, 1.82) is 0 Å². The van der Waals surface area contributed by atoms with Crippen molar-refractivity contribution in [3.63, 3.8) is 0 Å². The minimum absolute atomic E-state index is 0.0950. The molecular formula is C29H41N5O5. The Bertz CT molecular complexity index is 1310. The number of hydrogen-bond donors (Lipinski definition) is 0. The number of carbonyl (C=O) groups excluding carboxylic acids is 2. The number of aromatic nitrogens is 3. The number of aryl methyl sites for hydroxylation is 1. The van der Waals surface area contributed by atoms with Crippen molar-refractivity contribution in [2.75, 3.05) is 26.3 Å². The number of fused-ring (bicyclic) bond motifs is 3. The van der Waals surface area contributed by atoms with E-state index in [1.165, 1.54) is 6.20 Å². The summed E-state index contributed by atoms with van der Waals surface area (Å²) in [5.41, 5.74) is 1.42. The normalized spacial score (nSPS) is 14.6. The third-order valence-corrected chi connectivity index (χ3v) is 7.14. The molecule has 4 rings (SSSR count). The first-order chi connectivity index (χ1) is 18.6. The van der Waals surface area contributed by atoms with Crippen LogP contribution in [0.3, 0.4) is 0 Å². The number of imidazole rings is 1. The average Bonchev–Trinajstić information content (AvgIpc) is 3.23. The molecule has 2 amide bonds. The molecule has 3 heterocycles. The summed E-state index contributed by atoms with van der Waals surface area (Å²) in [5, 5.41) is 13.6. The van der Waals surface area contributed by atoms with Gasteiger partial charge < -0.3 is 29.0 Å². The van der Waals surface area contributed by atoms with E-state index < -0.39 is 11.7 Å². The highest BCUT2D eigenvalue weighted by Crippen LogP contribution is 2.26. The molecule has 0 bridgehead atoms. The second-order valence-corrected chi connectivity index (χ2v) is 11.1. The number of pyridine rings is 1. The molecule has 1 aliphatic heterocycles. The van der Waals surface area contributed by atoms with E-state index in [-0.39, 0.29) is 18.5 Å². The van der Waals surface area contributed by atoms with Gasteiger partial charge in [0.05, 0.1) is 17.4 Å². The molecule has 1 saturated heterocycles. The van der Waals surface area contributed by atoms with Crippen LogP contribution in [0.2, 0.25) is 0 Å². The standard InChI is InChI=1S/C29H41N5O5/c1-6-31(28(36)39-29(3,4)5)20-26-30-24-19-34(37)25-12-8-7-11-23(25)27(24)33(26)16-10-9-15-32(21(2)35)22-13-17-38-18-14-22/h7-8,11-12,19,22H,6,9-10,13-18,20H2,1-5H3. The van der Waals surface area contributed by atoms with E-state index in [0.29, 0.717) is 49.7 Å². The molecule has 10 nitrogen and oxygen atoms in total. The van der Waals surface area contributed by atoms with Gasteiger partial charge in [0.25, 0.3) is 0 Å². The molecule has 3 aromatic rings. The molecule has 10 heteroatoms. The average molecular weight is 540 g/mol. The summed E-state index contributed by atoms with van der Waals surface area (Å²) in [4.78, 5) is 33.7. The van der Waals surface area contributed by atoms with Crippen LogP contribution in [0.25, 0.3) is 21.9 Å². The number of amides is 2. The number of carbonyl (C=O) groups is 2. The van der Waals surface area contributed by atoms with E-state index in [9.17, 15) is 14.8 Å². The van der Waals surface area contributed by atoms with Crippen molar-refractivity contribution < 1.29 is 23.8 Å². The first-order valence-corrected chi connectivity index (χ1v) is 13.9. The Balaban J connectivity index is 1.61. The van der Waals surface area contributed by atoms with Crippen LogP contribution in [0.4, 0.5) is 4.79 Å². The summed E-state index contributed by atoms with van der Waals surface area (Å²) in [6.07, 6.45) is 4.48. The monoisotopic (exact) mass is 539 g/mol. The van der Waals surface area contributed by atoms with Crippen LogP contribution in [-0.2, 0) is 27.4 Å². The first kappa shape index (κ1) is 28.6. The first-order valence-electron chi connectivity index (χ1n) is 13.9. The topological polar surface area (TPSA) is 104 Å². The molecule has 1 aliphatic rings. The second-order valence-electron chi connectivity index (χ2n) is 11.1. The summed E-state index contributed by atoms with van der Waals surface area (Å²) in [5.74, 6) is 0.791. The van der Waals surface area contributed by atoms with E-state index in [2.05, 4.69) is 4.57 Å². The summed E-state index contributed by atoms with van der Waals surface area (Å²) in [6.45, 7) is 12.5. The maximum absolute atomic E-state index is 12.9. The van der Waals surface area contributed by atoms with E-state index >= 15 is 0 Å². The Morgan fingerprint density at radius 3 is 2.59 bits per heavy atom. The summed E-state index contributed by atoms with van der Waals surface area (Å²) in [6, 6.07) is 7.72. The number of hydrogen-bond acceptors (Lipinski definition) is 6. The summed E-state index contributed by atoms with van der Waals surface area (Å²) in [7, 11) is 0. The molecule has 0 saturated carbocycles. The largest absolute Gasteiger partial charge is 0.618 e. The lowest BCUT2D eigenvalue weighted by Gasteiger charge is -2.33. The van der Waals surface area contributed by atoms with Crippen LogP contribution < -0.4 is 4.73 Å². The zero-order chi connectivity index (χ0) is 28.2. The number of rotatable bonds is 9. The molecule has 0 unspecified atom stereocenters. The van der Waals surface area contributed by atoms with Gasteiger partial charge in [-0.15, -0.1) is 0 Å². The van der Waals surface area contributed by atoms with Crippen molar-refractivity contribution >= 4 is 33.9 Å². The van der Waals surface area contributed by atoms with Crippen LogP contribution in [0, 0.1) is 5.21 Å². The van der Waals surface area contributed by atoms with Gasteiger partial charge in [0.15, 0.2) is 5.52 Å². The number of unbranched alkanes of at least 4 members (excludes halogenated alkanes) is 1. The molecule has 0 N–H and O–H groups in total. The van der Waals surface area contributed by atoms with Gasteiger partial charge in [-0.1, -0.05) is 12.1 Å². The maximum Gasteiger partial charge on any atom is 0.410 e. The lowest BCUT2D eigenvalue weighted by molar-refractivity contribution is -0.575. The minimum atomic E-state index is -0.609. The fourth-order valence-corrected chi connectivity index (χ4v) is 5.25. The Hall–Kier alpha value is -3.40. The van der Waals surface area contributed by atoms with E-state index in [1.807, 2.05) is 50.8 Å². The number of benzene rings is 1. The molecule has 0 spiro atoms. The molecule has 212 valence electrons. The molecular weight excluding hydrogens is 498 g/mol.